The smallest absolute Gasteiger partial charge is 0.310 e. The Morgan fingerprint density at radius 1 is 0.933 bits per heavy atom. The van der Waals surface area contributed by atoms with Crippen molar-refractivity contribution in [3.05, 3.63) is 4.91 Å². The molecule has 0 bridgehead atoms. The predicted molar refractivity (Wildman–Crippen MR) is 50.4 cm³/mol. The third-order valence-corrected chi connectivity index (χ3v) is 2.63. The van der Waals surface area contributed by atoms with Crippen LogP contribution in [0.25, 0.3) is 0 Å². The third kappa shape index (κ3) is 3.53. The second-order valence-electron chi connectivity index (χ2n) is 3.94. The first kappa shape index (κ1) is 15.8. The van der Waals surface area contributed by atoms with Gasteiger partial charge in [0.2, 0.25) is 0 Å². The lowest BCUT2D eigenvalue weighted by molar-refractivity contribution is -0.167. The highest BCUT2D eigenvalue weighted by molar-refractivity contribution is 5.85. The molecule has 7 nitrogen and oxygen atoms in total. The number of hydrogen-bond donors (Lipinski definition) is 3. The average molecular weight is 221 g/mol. The lowest BCUT2D eigenvalue weighted by Gasteiger charge is -2.33. The van der Waals surface area contributed by atoms with E-state index in [-0.39, 0.29) is 0 Å². The standard InChI is InChI=1S/C8H14O4.HNO2/c1-7(2,5(9)10)8(3,4)6(11)12;2-1-3/h1-4H3,(H,9,10)(H,11,12);(H,2,3). The first-order valence-corrected chi connectivity index (χ1v) is 3.99. The molecule has 0 aromatic carbocycles. The average Bonchev–Trinajstić information content (AvgIpc) is 2.04. The Morgan fingerprint density at radius 2 is 1.07 bits per heavy atom. The number of aliphatic carboxylic acids is 2. The van der Waals surface area contributed by atoms with Crippen molar-refractivity contribution in [2.75, 3.05) is 0 Å². The van der Waals surface area contributed by atoms with Crippen LogP contribution >= 0.6 is 0 Å². The highest BCUT2D eigenvalue weighted by atomic mass is 16.6. The van der Waals surface area contributed by atoms with Crippen molar-refractivity contribution in [1.82, 2.24) is 0 Å². The molecule has 0 heterocycles. The number of hydrogen-bond acceptors (Lipinski definition) is 4. The van der Waals surface area contributed by atoms with E-state index >= 15 is 0 Å². The normalized spacial score (nSPS) is 10.9. The summed E-state index contributed by atoms with van der Waals surface area (Å²) in [5.41, 5.74) is -2.53. The van der Waals surface area contributed by atoms with E-state index in [9.17, 15) is 9.59 Å². The topological polar surface area (TPSA) is 124 Å². The van der Waals surface area contributed by atoms with E-state index in [1.165, 1.54) is 33.0 Å². The summed E-state index contributed by atoms with van der Waals surface area (Å²) in [6.45, 7) is 5.62. The molecule has 0 atom stereocenters. The minimum atomic E-state index is -1.27. The van der Waals surface area contributed by atoms with Crippen molar-refractivity contribution in [3.63, 3.8) is 0 Å². The number of carboxylic acids is 2. The number of carbonyl (C=O) groups is 2. The van der Waals surface area contributed by atoms with Gasteiger partial charge in [-0.15, -0.1) is 4.91 Å². The summed E-state index contributed by atoms with van der Waals surface area (Å²) in [6, 6.07) is 0. The van der Waals surface area contributed by atoms with Crippen molar-refractivity contribution < 1.29 is 25.0 Å². The van der Waals surface area contributed by atoms with Crippen LogP contribution in [0.3, 0.4) is 0 Å². The molecule has 0 aromatic rings. The van der Waals surface area contributed by atoms with Gasteiger partial charge in [0.1, 0.15) is 0 Å². The van der Waals surface area contributed by atoms with Crippen molar-refractivity contribution >= 4 is 11.9 Å². The third-order valence-electron chi connectivity index (χ3n) is 2.63. The molecule has 0 radical (unpaired) electrons. The lowest BCUT2D eigenvalue weighted by Crippen LogP contribution is -2.44. The van der Waals surface area contributed by atoms with Gasteiger partial charge in [0.25, 0.3) is 0 Å². The number of rotatable bonds is 3. The first-order chi connectivity index (χ1) is 6.55. The zero-order chi connectivity index (χ0) is 12.9. The molecular formula is C8H15NO6. The van der Waals surface area contributed by atoms with E-state index in [0.717, 1.165) is 0 Å². The van der Waals surface area contributed by atoms with Gasteiger partial charge in [-0.25, -0.2) is 0 Å². The van der Waals surface area contributed by atoms with Gasteiger partial charge in [-0.05, 0) is 27.7 Å². The highest BCUT2D eigenvalue weighted by Gasteiger charge is 2.48. The molecule has 0 spiro atoms. The first-order valence-electron chi connectivity index (χ1n) is 3.99. The van der Waals surface area contributed by atoms with Gasteiger partial charge in [0.15, 0.2) is 5.34 Å². The van der Waals surface area contributed by atoms with E-state index in [0.29, 0.717) is 0 Å². The fourth-order valence-corrected chi connectivity index (χ4v) is 0.535. The van der Waals surface area contributed by atoms with Gasteiger partial charge in [-0.2, -0.15) is 0 Å². The maximum Gasteiger partial charge on any atom is 0.310 e. The Labute approximate surface area is 86.7 Å². The van der Waals surface area contributed by atoms with Crippen LogP contribution in [0.1, 0.15) is 27.7 Å². The number of carboxylic acid groups (broad SMARTS) is 2. The van der Waals surface area contributed by atoms with E-state index < -0.39 is 22.8 Å². The van der Waals surface area contributed by atoms with Crippen molar-refractivity contribution in [2.24, 2.45) is 16.2 Å². The molecule has 0 aliphatic carbocycles. The minimum Gasteiger partial charge on any atom is -0.481 e. The van der Waals surface area contributed by atoms with Gasteiger partial charge < -0.3 is 15.4 Å². The van der Waals surface area contributed by atoms with Crippen molar-refractivity contribution in [2.45, 2.75) is 27.7 Å². The van der Waals surface area contributed by atoms with Gasteiger partial charge in [-0.3, -0.25) is 9.59 Å². The Bertz CT molecular complexity index is 234. The van der Waals surface area contributed by atoms with Crippen LogP contribution in [0.2, 0.25) is 0 Å². The van der Waals surface area contributed by atoms with Crippen LogP contribution in [-0.4, -0.2) is 27.4 Å². The fraction of sp³-hybridized carbons (Fsp3) is 0.750. The summed E-state index contributed by atoms with van der Waals surface area (Å²) in [7, 11) is 0. The summed E-state index contributed by atoms with van der Waals surface area (Å²) in [5.74, 6) is -2.20. The molecular weight excluding hydrogens is 206 g/mol. The van der Waals surface area contributed by atoms with Gasteiger partial charge >= 0.3 is 11.9 Å². The highest BCUT2D eigenvalue weighted by Crippen LogP contribution is 2.38. The molecule has 0 aliphatic rings. The summed E-state index contributed by atoms with van der Waals surface area (Å²) in [6.07, 6.45) is 0. The second kappa shape index (κ2) is 5.28. The zero-order valence-corrected chi connectivity index (χ0v) is 9.01. The van der Waals surface area contributed by atoms with Crippen LogP contribution in [0.15, 0.2) is 5.34 Å². The van der Waals surface area contributed by atoms with Crippen LogP contribution in [-0.2, 0) is 9.59 Å². The van der Waals surface area contributed by atoms with Crippen LogP contribution in [0.5, 0.6) is 0 Å². The zero-order valence-electron chi connectivity index (χ0n) is 9.01. The molecule has 15 heavy (non-hydrogen) atoms. The molecule has 0 saturated heterocycles. The van der Waals surface area contributed by atoms with E-state index in [4.69, 9.17) is 20.3 Å². The Morgan fingerprint density at radius 3 is 1.13 bits per heavy atom. The van der Waals surface area contributed by atoms with Crippen LogP contribution in [0, 0.1) is 15.7 Å². The molecule has 0 fully saturated rings. The number of nitrogens with zero attached hydrogens (tertiary/aromatic N) is 1. The Kier molecular flexibility index (Phi) is 5.56. The quantitative estimate of drug-likeness (QED) is 0.488. The van der Waals surface area contributed by atoms with E-state index in [1.54, 1.807) is 0 Å². The molecule has 0 saturated carbocycles. The Balaban J connectivity index is 0. The predicted octanol–water partition coefficient (Wildman–Crippen LogP) is 1.35. The minimum absolute atomic E-state index is 1.10. The molecule has 0 aromatic heterocycles. The summed E-state index contributed by atoms with van der Waals surface area (Å²) < 4.78 is 0. The molecule has 0 aliphatic heterocycles. The maximum absolute atomic E-state index is 10.7. The molecule has 0 unspecified atom stereocenters. The van der Waals surface area contributed by atoms with Crippen molar-refractivity contribution in [3.8, 4) is 0 Å². The lowest BCUT2D eigenvalue weighted by atomic mass is 9.68. The van der Waals surface area contributed by atoms with Gasteiger partial charge in [0, 0.05) is 0 Å². The maximum atomic E-state index is 10.7. The van der Waals surface area contributed by atoms with Crippen molar-refractivity contribution in [1.29, 1.82) is 0 Å². The molecule has 0 amide bonds. The largest absolute Gasteiger partial charge is 0.481 e. The van der Waals surface area contributed by atoms with Crippen LogP contribution in [0.4, 0.5) is 0 Å². The molecule has 3 N–H and O–H groups in total. The molecule has 88 valence electrons. The van der Waals surface area contributed by atoms with Gasteiger partial charge in [0.05, 0.1) is 10.8 Å². The van der Waals surface area contributed by atoms with Crippen LogP contribution < -0.4 is 0 Å². The molecule has 7 heteroatoms. The molecule has 0 rings (SSSR count). The summed E-state index contributed by atoms with van der Waals surface area (Å²) in [5, 5.41) is 25.4. The monoisotopic (exact) mass is 221 g/mol. The summed E-state index contributed by atoms with van der Waals surface area (Å²) >= 11 is 0. The summed E-state index contributed by atoms with van der Waals surface area (Å²) in [4.78, 5) is 29.5. The van der Waals surface area contributed by atoms with E-state index in [1.807, 2.05) is 0 Å². The SMILES string of the molecule is CC(C)(C(=O)O)C(C)(C)C(=O)O.O=NO. The second-order valence-corrected chi connectivity index (χ2v) is 3.94. The van der Waals surface area contributed by atoms with E-state index in [2.05, 4.69) is 0 Å². The Hall–Kier alpha value is -1.66. The van der Waals surface area contributed by atoms with Gasteiger partial charge in [-0.1, -0.05) is 0 Å². The fourth-order valence-electron chi connectivity index (χ4n) is 0.535.